The fraction of sp³-hybridized carbons (Fsp3) is 0.231. The van der Waals surface area contributed by atoms with Crippen molar-refractivity contribution in [3.8, 4) is 0 Å². The molecule has 72 valence electrons. The number of benzene rings is 1. The maximum atomic E-state index is 4.09. The number of hydrogen-bond acceptors (Lipinski definition) is 1. The van der Waals surface area contributed by atoms with Crippen LogP contribution in [-0.4, -0.2) is 11.9 Å². The average Bonchev–Trinajstić information content (AvgIpc) is 2.16. The first-order valence-electron chi connectivity index (χ1n) is 4.80. The summed E-state index contributed by atoms with van der Waals surface area (Å²) in [5.41, 5.74) is 6.06. The quantitative estimate of drug-likeness (QED) is 0.600. The molecule has 0 bridgehead atoms. The molecule has 0 spiro atoms. The zero-order chi connectivity index (χ0) is 10.3. The second-order valence-electron chi connectivity index (χ2n) is 3.91. The fourth-order valence-electron chi connectivity index (χ4n) is 1.82. The second kappa shape index (κ2) is 3.02. The summed E-state index contributed by atoms with van der Waals surface area (Å²) in [7, 11) is 2.02. The predicted octanol–water partition coefficient (Wildman–Crippen LogP) is 2.97. The van der Waals surface area contributed by atoms with Crippen LogP contribution in [0.1, 0.15) is 16.7 Å². The van der Waals surface area contributed by atoms with Crippen molar-refractivity contribution in [2.75, 3.05) is 7.05 Å². The van der Waals surface area contributed by atoms with Crippen molar-refractivity contribution in [1.29, 1.82) is 0 Å². The number of allylic oxidation sites excluding steroid dienone is 1. The van der Waals surface area contributed by atoms with Gasteiger partial charge in [0.25, 0.3) is 0 Å². The Labute approximate surface area is 85.4 Å². The lowest BCUT2D eigenvalue weighted by Gasteiger charge is -2.31. The third kappa shape index (κ3) is 1.25. The lowest BCUT2D eigenvalue weighted by Crippen LogP contribution is -2.22. The van der Waals surface area contributed by atoms with E-state index in [1.165, 1.54) is 16.7 Å². The molecule has 0 saturated heterocycles. The smallest absolute Gasteiger partial charge is 0.0409 e. The van der Waals surface area contributed by atoms with Crippen LogP contribution >= 0.6 is 0 Å². The van der Waals surface area contributed by atoms with Crippen molar-refractivity contribution in [2.45, 2.75) is 13.3 Å². The summed E-state index contributed by atoms with van der Waals surface area (Å²) in [5, 5.41) is 0. The molecular formula is C13H15N. The molecule has 0 aromatic heterocycles. The Morgan fingerprint density at radius 1 is 1.29 bits per heavy atom. The van der Waals surface area contributed by atoms with Crippen LogP contribution in [0.5, 0.6) is 0 Å². The fourth-order valence-corrected chi connectivity index (χ4v) is 1.82. The lowest BCUT2D eigenvalue weighted by atomic mass is 9.94. The summed E-state index contributed by atoms with van der Waals surface area (Å²) >= 11 is 0. The largest absolute Gasteiger partial charge is 0.348 e. The summed E-state index contributed by atoms with van der Waals surface area (Å²) < 4.78 is 0. The Bertz CT molecular complexity index is 415. The highest BCUT2D eigenvalue weighted by Crippen LogP contribution is 2.31. The van der Waals surface area contributed by atoms with Gasteiger partial charge in [-0.3, -0.25) is 0 Å². The van der Waals surface area contributed by atoms with Crippen molar-refractivity contribution in [3.05, 3.63) is 53.7 Å². The molecule has 1 aliphatic rings. The van der Waals surface area contributed by atoms with Gasteiger partial charge in [0, 0.05) is 30.4 Å². The third-order valence-corrected chi connectivity index (χ3v) is 2.85. The number of nitrogens with zero attached hydrogens (tertiary/aromatic N) is 1. The molecule has 1 nitrogen and oxygen atoms in total. The zero-order valence-corrected chi connectivity index (χ0v) is 8.80. The van der Waals surface area contributed by atoms with Crippen LogP contribution in [0.3, 0.4) is 0 Å². The SMILES string of the molecule is C=C1Cc2ccc(C)cc2C(=C)N1C. The van der Waals surface area contributed by atoms with E-state index < -0.39 is 0 Å². The molecular weight excluding hydrogens is 170 g/mol. The number of rotatable bonds is 0. The van der Waals surface area contributed by atoms with Gasteiger partial charge in [-0.2, -0.15) is 0 Å². The van der Waals surface area contributed by atoms with Gasteiger partial charge in [0.2, 0.25) is 0 Å². The topological polar surface area (TPSA) is 3.24 Å². The van der Waals surface area contributed by atoms with E-state index in [1.54, 1.807) is 0 Å². The van der Waals surface area contributed by atoms with Crippen LogP contribution in [0, 0.1) is 6.92 Å². The molecule has 1 heteroatoms. The molecule has 0 aliphatic carbocycles. The van der Waals surface area contributed by atoms with Crippen LogP contribution in [-0.2, 0) is 6.42 Å². The predicted molar refractivity (Wildman–Crippen MR) is 60.8 cm³/mol. The van der Waals surface area contributed by atoms with Gasteiger partial charge in [0.15, 0.2) is 0 Å². The van der Waals surface area contributed by atoms with Crippen LogP contribution < -0.4 is 0 Å². The third-order valence-electron chi connectivity index (χ3n) is 2.85. The highest BCUT2D eigenvalue weighted by molar-refractivity contribution is 5.69. The zero-order valence-electron chi connectivity index (χ0n) is 8.80. The maximum absolute atomic E-state index is 4.09. The van der Waals surface area contributed by atoms with Gasteiger partial charge in [-0.15, -0.1) is 0 Å². The average molecular weight is 185 g/mol. The van der Waals surface area contributed by atoms with Gasteiger partial charge in [0.1, 0.15) is 0 Å². The molecule has 14 heavy (non-hydrogen) atoms. The van der Waals surface area contributed by atoms with E-state index >= 15 is 0 Å². The minimum Gasteiger partial charge on any atom is -0.348 e. The molecule has 1 aliphatic heterocycles. The molecule has 0 unspecified atom stereocenters. The van der Waals surface area contributed by atoms with Gasteiger partial charge in [-0.25, -0.2) is 0 Å². The standard InChI is InChI=1S/C13H15N/c1-9-5-6-12-8-10(2)14(4)11(3)13(12)7-9/h5-7H,2-3,8H2,1,4H3. The normalized spacial score (nSPS) is 15.7. The van der Waals surface area contributed by atoms with E-state index in [0.717, 1.165) is 17.8 Å². The molecule has 1 aromatic rings. The number of fused-ring (bicyclic) bond motifs is 1. The molecule has 0 radical (unpaired) electrons. The molecule has 0 saturated carbocycles. The van der Waals surface area contributed by atoms with Crippen molar-refractivity contribution in [1.82, 2.24) is 4.90 Å². The summed E-state index contributed by atoms with van der Waals surface area (Å²) in [5.74, 6) is 0. The highest BCUT2D eigenvalue weighted by Gasteiger charge is 2.18. The Balaban J connectivity index is 2.57. The Kier molecular flexibility index (Phi) is 1.95. The summed E-state index contributed by atoms with van der Waals surface area (Å²) in [6.07, 6.45) is 0.936. The van der Waals surface area contributed by atoms with Gasteiger partial charge < -0.3 is 4.90 Å². The van der Waals surface area contributed by atoms with Gasteiger partial charge >= 0.3 is 0 Å². The summed E-state index contributed by atoms with van der Waals surface area (Å²) in [6.45, 7) is 10.2. The molecule has 1 heterocycles. The Morgan fingerprint density at radius 2 is 2.00 bits per heavy atom. The highest BCUT2D eigenvalue weighted by atomic mass is 15.1. The first-order valence-corrected chi connectivity index (χ1v) is 4.80. The van der Waals surface area contributed by atoms with E-state index in [2.05, 4.69) is 43.2 Å². The minimum atomic E-state index is 0.936. The van der Waals surface area contributed by atoms with E-state index in [9.17, 15) is 0 Å². The Hall–Kier alpha value is -1.50. The Morgan fingerprint density at radius 3 is 2.71 bits per heavy atom. The second-order valence-corrected chi connectivity index (χ2v) is 3.91. The first-order chi connectivity index (χ1) is 6.59. The molecule has 2 rings (SSSR count). The van der Waals surface area contributed by atoms with Crippen LogP contribution in [0.2, 0.25) is 0 Å². The van der Waals surface area contributed by atoms with Gasteiger partial charge in [-0.1, -0.05) is 30.9 Å². The number of likely N-dealkylation sites (N-methyl/N-ethyl adjacent to an activating group) is 1. The van der Waals surface area contributed by atoms with E-state index in [1.807, 2.05) is 7.05 Å². The summed E-state index contributed by atoms with van der Waals surface area (Å²) in [6, 6.07) is 6.51. The minimum absolute atomic E-state index is 0.936. The van der Waals surface area contributed by atoms with E-state index in [4.69, 9.17) is 0 Å². The van der Waals surface area contributed by atoms with Gasteiger partial charge in [-0.05, 0) is 18.6 Å². The van der Waals surface area contributed by atoms with Crippen molar-refractivity contribution in [3.63, 3.8) is 0 Å². The maximum Gasteiger partial charge on any atom is 0.0409 e. The molecule has 0 atom stereocenters. The number of hydrogen-bond donors (Lipinski definition) is 0. The van der Waals surface area contributed by atoms with Crippen molar-refractivity contribution < 1.29 is 0 Å². The molecule has 0 N–H and O–H groups in total. The molecule has 0 amide bonds. The van der Waals surface area contributed by atoms with Gasteiger partial charge in [0.05, 0.1) is 0 Å². The van der Waals surface area contributed by atoms with Crippen LogP contribution in [0.4, 0.5) is 0 Å². The first kappa shape index (κ1) is 9.07. The van der Waals surface area contributed by atoms with E-state index in [-0.39, 0.29) is 0 Å². The summed E-state index contributed by atoms with van der Waals surface area (Å²) in [4.78, 5) is 2.07. The monoisotopic (exact) mass is 185 g/mol. The van der Waals surface area contributed by atoms with Crippen molar-refractivity contribution >= 4 is 5.70 Å². The molecule has 1 aromatic carbocycles. The van der Waals surface area contributed by atoms with E-state index in [0.29, 0.717) is 0 Å². The number of aryl methyl sites for hydroxylation is 1. The van der Waals surface area contributed by atoms with Crippen molar-refractivity contribution in [2.24, 2.45) is 0 Å². The lowest BCUT2D eigenvalue weighted by molar-refractivity contribution is 0.566. The molecule has 0 fully saturated rings. The van der Waals surface area contributed by atoms with Crippen LogP contribution in [0.25, 0.3) is 5.70 Å². The van der Waals surface area contributed by atoms with Crippen LogP contribution in [0.15, 0.2) is 37.1 Å².